The van der Waals surface area contributed by atoms with Crippen LogP contribution in [-0.2, 0) is 11.3 Å². The van der Waals surface area contributed by atoms with Gasteiger partial charge in [-0.15, -0.1) is 0 Å². The summed E-state index contributed by atoms with van der Waals surface area (Å²) in [6, 6.07) is 14.7. The van der Waals surface area contributed by atoms with Crippen LogP contribution in [0.15, 0.2) is 67.4 Å². The molecule has 0 aliphatic rings. The van der Waals surface area contributed by atoms with Gasteiger partial charge in [-0.05, 0) is 48.4 Å². The van der Waals surface area contributed by atoms with Gasteiger partial charge >= 0.3 is 0 Å². The van der Waals surface area contributed by atoms with Gasteiger partial charge in [-0.25, -0.2) is 4.98 Å². The van der Waals surface area contributed by atoms with Crippen molar-refractivity contribution in [2.45, 2.75) is 13.5 Å². The molecule has 29 heavy (non-hydrogen) atoms. The largest absolute Gasteiger partial charge is 0.436 e. The molecule has 7 heteroatoms. The van der Waals surface area contributed by atoms with E-state index in [1.807, 2.05) is 31.2 Å². The predicted molar refractivity (Wildman–Crippen MR) is 110 cm³/mol. The minimum absolute atomic E-state index is 0.165. The number of amides is 1. The number of benzene rings is 2. The van der Waals surface area contributed by atoms with E-state index in [2.05, 4.69) is 21.9 Å². The van der Waals surface area contributed by atoms with Crippen molar-refractivity contribution >= 4 is 17.5 Å². The summed E-state index contributed by atoms with van der Waals surface area (Å²) in [5.41, 5.74) is 2.78. The van der Waals surface area contributed by atoms with E-state index in [0.29, 0.717) is 12.3 Å². The SMILES string of the molecule is C=CC(=O)N(C)Cc1ccc(Oc2nc(Nc3cccc(C)c3)ncc2F)cc1. The monoisotopic (exact) mass is 392 g/mol. The van der Waals surface area contributed by atoms with Gasteiger partial charge in [0.1, 0.15) is 5.75 Å². The Labute approximate surface area is 168 Å². The topological polar surface area (TPSA) is 67.4 Å². The number of aryl methyl sites for hydroxylation is 1. The van der Waals surface area contributed by atoms with Crippen molar-refractivity contribution in [1.29, 1.82) is 0 Å². The number of nitrogens with zero attached hydrogens (tertiary/aromatic N) is 3. The van der Waals surface area contributed by atoms with Crippen molar-refractivity contribution < 1.29 is 13.9 Å². The number of carbonyl (C=O) groups is 1. The van der Waals surface area contributed by atoms with Crippen LogP contribution in [0.3, 0.4) is 0 Å². The van der Waals surface area contributed by atoms with Gasteiger partial charge in [0.25, 0.3) is 5.88 Å². The average Bonchev–Trinajstić information content (AvgIpc) is 2.71. The van der Waals surface area contributed by atoms with E-state index >= 15 is 0 Å². The lowest BCUT2D eigenvalue weighted by molar-refractivity contribution is -0.125. The van der Waals surface area contributed by atoms with E-state index in [1.54, 1.807) is 31.3 Å². The molecular formula is C22H21FN4O2. The highest BCUT2D eigenvalue weighted by atomic mass is 19.1. The Balaban J connectivity index is 1.71. The third kappa shape index (κ3) is 5.38. The molecule has 0 aliphatic heterocycles. The number of likely N-dealkylation sites (N-methyl/N-ethyl adjacent to an activating group) is 1. The standard InChI is InChI=1S/C22H21FN4O2/c1-4-20(28)27(3)14-16-8-10-18(11-9-16)29-21-19(23)13-24-22(26-21)25-17-7-5-6-15(2)12-17/h4-13H,1,14H2,2-3H3,(H,24,25,26). The Morgan fingerprint density at radius 2 is 2.03 bits per heavy atom. The van der Waals surface area contributed by atoms with E-state index in [0.717, 1.165) is 23.0 Å². The molecule has 3 rings (SSSR count). The van der Waals surface area contributed by atoms with E-state index in [1.165, 1.54) is 11.0 Å². The predicted octanol–water partition coefficient (Wildman–Crippen LogP) is 4.60. The summed E-state index contributed by atoms with van der Waals surface area (Å²) in [4.78, 5) is 21.2. The summed E-state index contributed by atoms with van der Waals surface area (Å²) >= 11 is 0. The molecule has 1 heterocycles. The van der Waals surface area contributed by atoms with Gasteiger partial charge in [-0.3, -0.25) is 4.79 Å². The highest BCUT2D eigenvalue weighted by molar-refractivity contribution is 5.86. The van der Waals surface area contributed by atoms with Gasteiger partial charge in [-0.2, -0.15) is 9.37 Å². The van der Waals surface area contributed by atoms with Crippen LogP contribution in [0.25, 0.3) is 0 Å². The van der Waals surface area contributed by atoms with E-state index in [4.69, 9.17) is 4.74 Å². The molecule has 0 spiro atoms. The number of rotatable bonds is 7. The molecule has 148 valence electrons. The molecule has 6 nitrogen and oxygen atoms in total. The van der Waals surface area contributed by atoms with Crippen molar-refractivity contribution in [2.75, 3.05) is 12.4 Å². The molecule has 0 aliphatic carbocycles. The zero-order valence-corrected chi connectivity index (χ0v) is 16.2. The number of ether oxygens (including phenoxy) is 1. The van der Waals surface area contributed by atoms with Gasteiger partial charge in [0.2, 0.25) is 17.7 Å². The van der Waals surface area contributed by atoms with Gasteiger partial charge in [-0.1, -0.05) is 30.8 Å². The first-order chi connectivity index (χ1) is 13.9. The number of hydrogen-bond acceptors (Lipinski definition) is 5. The first-order valence-corrected chi connectivity index (χ1v) is 8.95. The highest BCUT2D eigenvalue weighted by Crippen LogP contribution is 2.24. The van der Waals surface area contributed by atoms with Crippen molar-refractivity contribution in [3.05, 3.63) is 84.3 Å². The summed E-state index contributed by atoms with van der Waals surface area (Å²) < 4.78 is 19.7. The Morgan fingerprint density at radius 1 is 1.28 bits per heavy atom. The van der Waals surface area contributed by atoms with Crippen LogP contribution in [0.4, 0.5) is 16.0 Å². The lowest BCUT2D eigenvalue weighted by atomic mass is 10.2. The zero-order chi connectivity index (χ0) is 20.8. The molecule has 0 bridgehead atoms. The molecule has 2 aromatic carbocycles. The highest BCUT2D eigenvalue weighted by Gasteiger charge is 2.11. The fourth-order valence-electron chi connectivity index (χ4n) is 2.62. The summed E-state index contributed by atoms with van der Waals surface area (Å²) in [5.74, 6) is -0.359. The number of halogens is 1. The van der Waals surface area contributed by atoms with Gasteiger partial charge in [0, 0.05) is 19.3 Å². The molecule has 1 amide bonds. The fraction of sp³-hybridized carbons (Fsp3) is 0.136. The normalized spacial score (nSPS) is 10.3. The van der Waals surface area contributed by atoms with Crippen molar-refractivity contribution in [3.63, 3.8) is 0 Å². The maximum atomic E-state index is 14.1. The number of aromatic nitrogens is 2. The second-order valence-electron chi connectivity index (χ2n) is 6.49. The summed E-state index contributed by atoms with van der Waals surface area (Å²) in [5, 5.41) is 3.03. The second kappa shape index (κ2) is 8.97. The second-order valence-corrected chi connectivity index (χ2v) is 6.49. The van der Waals surface area contributed by atoms with Crippen molar-refractivity contribution in [2.24, 2.45) is 0 Å². The maximum Gasteiger partial charge on any atom is 0.260 e. The van der Waals surface area contributed by atoms with Gasteiger partial charge < -0.3 is 15.0 Å². The summed E-state index contributed by atoms with van der Waals surface area (Å²) in [7, 11) is 1.69. The third-order valence-corrected chi connectivity index (χ3v) is 4.09. The van der Waals surface area contributed by atoms with E-state index in [-0.39, 0.29) is 17.7 Å². The van der Waals surface area contributed by atoms with Gasteiger partial charge in [0.15, 0.2) is 0 Å². The lowest BCUT2D eigenvalue weighted by Crippen LogP contribution is -2.23. The van der Waals surface area contributed by atoms with Gasteiger partial charge in [0.05, 0.1) is 6.20 Å². The maximum absolute atomic E-state index is 14.1. The minimum Gasteiger partial charge on any atom is -0.436 e. The Bertz CT molecular complexity index is 1020. The molecule has 0 saturated heterocycles. The Kier molecular flexibility index (Phi) is 6.19. The first-order valence-electron chi connectivity index (χ1n) is 8.95. The third-order valence-electron chi connectivity index (χ3n) is 4.09. The average molecular weight is 392 g/mol. The molecule has 1 N–H and O–H groups in total. The number of carbonyl (C=O) groups excluding carboxylic acids is 1. The van der Waals surface area contributed by atoms with Crippen molar-refractivity contribution in [3.8, 4) is 11.6 Å². The van der Waals surface area contributed by atoms with Crippen LogP contribution in [-0.4, -0.2) is 27.8 Å². The quantitative estimate of drug-likeness (QED) is 0.595. The molecule has 0 saturated carbocycles. The molecule has 0 unspecified atom stereocenters. The molecule has 0 fully saturated rings. The molecular weight excluding hydrogens is 371 g/mol. The molecule has 0 atom stereocenters. The number of anilines is 2. The van der Waals surface area contributed by atoms with E-state index in [9.17, 15) is 9.18 Å². The Hall–Kier alpha value is -3.74. The smallest absolute Gasteiger partial charge is 0.260 e. The number of nitrogens with one attached hydrogen (secondary N) is 1. The van der Waals surface area contributed by atoms with Crippen LogP contribution in [0, 0.1) is 12.7 Å². The van der Waals surface area contributed by atoms with Crippen LogP contribution >= 0.6 is 0 Å². The van der Waals surface area contributed by atoms with Crippen LogP contribution in [0.1, 0.15) is 11.1 Å². The van der Waals surface area contributed by atoms with Crippen LogP contribution in [0.5, 0.6) is 11.6 Å². The lowest BCUT2D eigenvalue weighted by Gasteiger charge is -2.15. The fourth-order valence-corrected chi connectivity index (χ4v) is 2.62. The molecule has 3 aromatic rings. The Morgan fingerprint density at radius 3 is 2.72 bits per heavy atom. The van der Waals surface area contributed by atoms with E-state index < -0.39 is 5.82 Å². The van der Waals surface area contributed by atoms with Crippen LogP contribution in [0.2, 0.25) is 0 Å². The minimum atomic E-state index is -0.666. The zero-order valence-electron chi connectivity index (χ0n) is 16.2. The number of hydrogen-bond donors (Lipinski definition) is 1. The molecule has 1 aromatic heterocycles. The van der Waals surface area contributed by atoms with Crippen molar-refractivity contribution in [1.82, 2.24) is 14.9 Å². The molecule has 0 radical (unpaired) electrons. The summed E-state index contributed by atoms with van der Waals surface area (Å²) in [6.45, 7) is 5.87. The first kappa shape index (κ1) is 20.0. The van der Waals surface area contributed by atoms with Crippen LogP contribution < -0.4 is 10.1 Å². The summed E-state index contributed by atoms with van der Waals surface area (Å²) in [6.07, 6.45) is 2.32.